The number of urea groups is 1. The van der Waals surface area contributed by atoms with Gasteiger partial charge in [-0.3, -0.25) is 5.32 Å². The molecule has 1 aromatic carbocycles. The quantitative estimate of drug-likeness (QED) is 0.704. The van der Waals surface area contributed by atoms with Crippen LogP contribution in [0, 0.1) is 20.8 Å². The van der Waals surface area contributed by atoms with Crippen molar-refractivity contribution < 1.29 is 14.1 Å². The van der Waals surface area contributed by atoms with Crippen molar-refractivity contribution in [2.75, 3.05) is 11.9 Å². The third-order valence-corrected chi connectivity index (χ3v) is 4.60. The first-order valence-electron chi connectivity index (χ1n) is 8.97. The summed E-state index contributed by atoms with van der Waals surface area (Å²) in [5.74, 6) is 2.27. The first kappa shape index (κ1) is 18.0. The number of nitrogens with one attached hydrogen (secondary N) is 2. The molecule has 0 bridgehead atoms. The number of ether oxygens (including phenoxy) is 1. The Morgan fingerprint density at radius 1 is 1.32 bits per heavy atom. The Morgan fingerprint density at radius 2 is 2.18 bits per heavy atom. The molecule has 3 aromatic rings. The average molecular weight is 383 g/mol. The number of amides is 2. The molecule has 3 heterocycles. The monoisotopic (exact) mass is 383 g/mol. The van der Waals surface area contributed by atoms with E-state index in [1.807, 2.05) is 32.0 Å². The Kier molecular flexibility index (Phi) is 4.68. The molecule has 2 amide bonds. The molecule has 0 saturated carbocycles. The van der Waals surface area contributed by atoms with Gasteiger partial charge in [0.2, 0.25) is 5.89 Å². The highest BCUT2D eigenvalue weighted by Crippen LogP contribution is 2.28. The molecular formula is C18H21N7O3. The van der Waals surface area contributed by atoms with E-state index in [2.05, 4.69) is 31.1 Å². The lowest BCUT2D eigenvalue weighted by atomic mass is 10.0. The Hall–Kier alpha value is -3.43. The van der Waals surface area contributed by atoms with E-state index in [4.69, 9.17) is 9.26 Å². The largest absolute Gasteiger partial charge is 0.491 e. The minimum absolute atomic E-state index is 0.119. The maximum Gasteiger partial charge on any atom is 0.320 e. The Morgan fingerprint density at radius 3 is 2.96 bits per heavy atom. The molecular weight excluding hydrogens is 362 g/mol. The van der Waals surface area contributed by atoms with E-state index < -0.39 is 0 Å². The number of nitrogens with zero attached hydrogens (tertiary/aromatic N) is 5. The lowest BCUT2D eigenvalue weighted by molar-refractivity contribution is 0.222. The summed E-state index contributed by atoms with van der Waals surface area (Å²) in [7, 11) is 0. The van der Waals surface area contributed by atoms with Gasteiger partial charge in [0.1, 0.15) is 18.9 Å². The summed E-state index contributed by atoms with van der Waals surface area (Å²) in [6.45, 7) is 6.28. The fourth-order valence-corrected chi connectivity index (χ4v) is 3.18. The van der Waals surface area contributed by atoms with E-state index in [9.17, 15) is 4.79 Å². The smallest absolute Gasteiger partial charge is 0.320 e. The standard InChI is InChI=1S/C18H21N7O3/c1-10-5-4-6-13-7-14(9-27-16(10)13)20-18(26)21-17-11(2)25(24-22-17)8-15-19-12(3)28-23-15/h4-6,14H,7-9H2,1-3H3,(H2,20,21,26). The highest BCUT2D eigenvalue weighted by Gasteiger charge is 2.23. The maximum absolute atomic E-state index is 12.4. The van der Waals surface area contributed by atoms with Gasteiger partial charge >= 0.3 is 6.03 Å². The summed E-state index contributed by atoms with van der Waals surface area (Å²) < 4.78 is 12.4. The van der Waals surface area contributed by atoms with Gasteiger partial charge in [-0.25, -0.2) is 9.48 Å². The highest BCUT2D eigenvalue weighted by atomic mass is 16.5. The normalized spacial score (nSPS) is 15.6. The molecule has 1 aliphatic heterocycles. The van der Waals surface area contributed by atoms with Gasteiger partial charge in [-0.2, -0.15) is 4.98 Å². The number of carbonyl (C=O) groups excluding carboxylic acids is 1. The third-order valence-electron chi connectivity index (χ3n) is 4.60. The zero-order chi connectivity index (χ0) is 19.7. The van der Waals surface area contributed by atoms with Gasteiger partial charge in [-0.15, -0.1) is 5.10 Å². The van der Waals surface area contributed by atoms with Crippen molar-refractivity contribution in [2.45, 2.75) is 39.8 Å². The second kappa shape index (κ2) is 7.29. The van der Waals surface area contributed by atoms with Gasteiger partial charge in [0, 0.05) is 6.92 Å². The molecule has 146 valence electrons. The summed E-state index contributed by atoms with van der Waals surface area (Å²) in [5.41, 5.74) is 2.89. The molecule has 1 aliphatic rings. The summed E-state index contributed by atoms with van der Waals surface area (Å²) in [6.07, 6.45) is 0.716. The van der Waals surface area contributed by atoms with Crippen molar-refractivity contribution in [3.8, 4) is 5.75 Å². The highest BCUT2D eigenvalue weighted by molar-refractivity contribution is 5.88. The Balaban J connectivity index is 1.37. The van der Waals surface area contributed by atoms with E-state index in [0.29, 0.717) is 42.8 Å². The number of hydrogen-bond donors (Lipinski definition) is 2. The predicted molar refractivity (Wildman–Crippen MR) is 99.2 cm³/mol. The number of carbonyl (C=O) groups is 1. The molecule has 10 nitrogen and oxygen atoms in total. The molecule has 0 saturated heterocycles. The lowest BCUT2D eigenvalue weighted by Gasteiger charge is -2.27. The topological polar surface area (TPSA) is 120 Å². The maximum atomic E-state index is 12.4. The Bertz CT molecular complexity index is 1010. The van der Waals surface area contributed by atoms with Gasteiger partial charge in [-0.1, -0.05) is 28.6 Å². The zero-order valence-corrected chi connectivity index (χ0v) is 15.9. The average Bonchev–Trinajstić information content (AvgIpc) is 3.22. The van der Waals surface area contributed by atoms with Crippen molar-refractivity contribution in [3.63, 3.8) is 0 Å². The van der Waals surface area contributed by atoms with Crippen molar-refractivity contribution in [3.05, 3.63) is 46.7 Å². The van der Waals surface area contributed by atoms with Crippen LogP contribution < -0.4 is 15.4 Å². The van der Waals surface area contributed by atoms with Gasteiger partial charge in [0.15, 0.2) is 11.6 Å². The minimum atomic E-state index is -0.352. The summed E-state index contributed by atoms with van der Waals surface area (Å²) >= 11 is 0. The number of fused-ring (bicyclic) bond motifs is 1. The fourth-order valence-electron chi connectivity index (χ4n) is 3.18. The van der Waals surface area contributed by atoms with E-state index >= 15 is 0 Å². The first-order valence-corrected chi connectivity index (χ1v) is 8.97. The molecule has 1 unspecified atom stereocenters. The van der Waals surface area contributed by atoms with Crippen LogP contribution in [-0.4, -0.2) is 43.8 Å². The van der Waals surface area contributed by atoms with Crippen LogP contribution in [0.15, 0.2) is 22.7 Å². The van der Waals surface area contributed by atoms with Crippen molar-refractivity contribution in [1.82, 2.24) is 30.5 Å². The Labute approximate surface area is 161 Å². The number of anilines is 1. The number of hydrogen-bond acceptors (Lipinski definition) is 7. The van der Waals surface area contributed by atoms with E-state index in [1.54, 1.807) is 11.6 Å². The molecule has 1 atom stereocenters. The minimum Gasteiger partial charge on any atom is -0.491 e. The zero-order valence-electron chi connectivity index (χ0n) is 15.9. The molecule has 0 spiro atoms. The second-order valence-corrected chi connectivity index (χ2v) is 6.78. The number of rotatable bonds is 4. The number of para-hydroxylation sites is 1. The van der Waals surface area contributed by atoms with Crippen LogP contribution in [0.3, 0.4) is 0 Å². The summed E-state index contributed by atoms with van der Waals surface area (Å²) in [4.78, 5) is 16.5. The van der Waals surface area contributed by atoms with Crippen molar-refractivity contribution >= 4 is 11.8 Å². The molecule has 10 heteroatoms. The SMILES string of the molecule is Cc1nc(Cn2nnc(NC(=O)NC3COc4c(C)cccc4C3)c2C)no1. The molecule has 0 radical (unpaired) electrons. The molecule has 4 rings (SSSR count). The van der Waals surface area contributed by atoms with Crippen LogP contribution in [0.2, 0.25) is 0 Å². The predicted octanol–water partition coefficient (Wildman–Crippen LogP) is 1.76. The van der Waals surface area contributed by atoms with Gasteiger partial charge in [0.05, 0.1) is 11.7 Å². The van der Waals surface area contributed by atoms with Crippen molar-refractivity contribution in [2.24, 2.45) is 0 Å². The molecule has 28 heavy (non-hydrogen) atoms. The van der Waals surface area contributed by atoms with E-state index in [0.717, 1.165) is 16.9 Å². The van der Waals surface area contributed by atoms with E-state index in [1.165, 1.54) is 0 Å². The van der Waals surface area contributed by atoms with Gasteiger partial charge in [-0.05, 0) is 31.4 Å². The number of benzene rings is 1. The van der Waals surface area contributed by atoms with E-state index in [-0.39, 0.29) is 12.1 Å². The number of aromatic nitrogens is 5. The van der Waals surface area contributed by atoms with Crippen LogP contribution >= 0.6 is 0 Å². The fraction of sp³-hybridized carbons (Fsp3) is 0.389. The van der Waals surface area contributed by atoms with Crippen molar-refractivity contribution in [1.29, 1.82) is 0 Å². The summed E-state index contributed by atoms with van der Waals surface area (Å²) in [5, 5.41) is 17.6. The van der Waals surface area contributed by atoms with Crippen LogP contribution in [0.1, 0.15) is 28.5 Å². The second-order valence-electron chi connectivity index (χ2n) is 6.78. The van der Waals surface area contributed by atoms with Crippen LogP contribution in [0.4, 0.5) is 10.6 Å². The first-order chi connectivity index (χ1) is 13.5. The lowest BCUT2D eigenvalue weighted by Crippen LogP contribution is -2.44. The van der Waals surface area contributed by atoms with Gasteiger partial charge < -0.3 is 14.6 Å². The molecule has 2 N–H and O–H groups in total. The molecule has 0 aliphatic carbocycles. The van der Waals surface area contributed by atoms with Gasteiger partial charge in [0.25, 0.3) is 0 Å². The molecule has 0 fully saturated rings. The molecule has 2 aromatic heterocycles. The summed E-state index contributed by atoms with van der Waals surface area (Å²) in [6, 6.07) is 5.56. The third kappa shape index (κ3) is 3.66. The number of aryl methyl sites for hydroxylation is 2. The van der Waals surface area contributed by atoms with Crippen LogP contribution in [0.25, 0.3) is 0 Å². The van der Waals surface area contributed by atoms with Crippen LogP contribution in [0.5, 0.6) is 5.75 Å². The van der Waals surface area contributed by atoms with Crippen LogP contribution in [-0.2, 0) is 13.0 Å².